The van der Waals surface area contributed by atoms with Gasteiger partial charge in [-0.3, -0.25) is 4.79 Å². The molecule has 2 rings (SSSR count). The highest BCUT2D eigenvalue weighted by molar-refractivity contribution is 7.18. The third-order valence-electron chi connectivity index (χ3n) is 3.53. The molecular weight excluding hydrogens is 288 g/mol. The summed E-state index contributed by atoms with van der Waals surface area (Å²) in [5.41, 5.74) is 1.24. The van der Waals surface area contributed by atoms with E-state index in [4.69, 9.17) is 0 Å². The van der Waals surface area contributed by atoms with Gasteiger partial charge >= 0.3 is 5.97 Å². The van der Waals surface area contributed by atoms with E-state index in [1.165, 1.54) is 11.3 Å². The number of fused-ring (bicyclic) bond motifs is 1. The summed E-state index contributed by atoms with van der Waals surface area (Å²) < 4.78 is 0.792. The Morgan fingerprint density at radius 3 is 2.76 bits per heavy atom. The number of aliphatic carboxylic acids is 1. The zero-order valence-electron chi connectivity index (χ0n) is 12.2. The van der Waals surface area contributed by atoms with Gasteiger partial charge in [-0.1, -0.05) is 26.3 Å². The lowest BCUT2D eigenvalue weighted by Gasteiger charge is -2.20. The van der Waals surface area contributed by atoms with Crippen LogP contribution < -0.4 is 5.32 Å². The number of nitrogens with zero attached hydrogens (tertiary/aromatic N) is 1. The van der Waals surface area contributed by atoms with E-state index in [0.717, 1.165) is 15.2 Å². The van der Waals surface area contributed by atoms with E-state index in [-0.39, 0.29) is 11.8 Å². The Labute approximate surface area is 127 Å². The molecule has 0 saturated carbocycles. The molecule has 1 heterocycles. The molecule has 5 nitrogen and oxygen atoms in total. The molecule has 0 saturated heterocycles. The van der Waals surface area contributed by atoms with Crippen molar-refractivity contribution in [3.63, 3.8) is 0 Å². The molecule has 0 aliphatic rings. The van der Waals surface area contributed by atoms with Crippen molar-refractivity contribution in [1.82, 2.24) is 10.3 Å². The maximum atomic E-state index is 12.4. The van der Waals surface area contributed by atoms with Crippen molar-refractivity contribution >= 4 is 33.4 Å². The Balaban J connectivity index is 2.31. The highest BCUT2D eigenvalue weighted by Gasteiger charge is 2.26. The van der Waals surface area contributed by atoms with Gasteiger partial charge in [0.25, 0.3) is 5.91 Å². The number of rotatable bonds is 5. The second-order valence-electron chi connectivity index (χ2n) is 5.06. The average Bonchev–Trinajstić information content (AvgIpc) is 2.83. The number of aryl methyl sites for hydroxylation is 1. The first-order valence-electron chi connectivity index (χ1n) is 6.83. The number of carbonyl (C=O) groups excluding carboxylic acids is 1. The van der Waals surface area contributed by atoms with Crippen LogP contribution in [0.1, 0.15) is 35.6 Å². The van der Waals surface area contributed by atoms with Crippen molar-refractivity contribution in [2.75, 3.05) is 0 Å². The topological polar surface area (TPSA) is 79.3 Å². The van der Waals surface area contributed by atoms with Crippen LogP contribution in [0.2, 0.25) is 0 Å². The normalized spacial score (nSPS) is 13.9. The zero-order chi connectivity index (χ0) is 15.6. The first kappa shape index (κ1) is 15.4. The summed E-state index contributed by atoms with van der Waals surface area (Å²) in [4.78, 5) is 28.1. The van der Waals surface area contributed by atoms with E-state index in [1.807, 2.05) is 26.8 Å². The van der Waals surface area contributed by atoms with Crippen molar-refractivity contribution in [3.05, 3.63) is 28.8 Å². The maximum absolute atomic E-state index is 12.4. The predicted octanol–water partition coefficient (Wildman–Crippen LogP) is 2.83. The van der Waals surface area contributed by atoms with Crippen molar-refractivity contribution < 1.29 is 14.7 Å². The quantitative estimate of drug-likeness (QED) is 0.890. The fourth-order valence-corrected chi connectivity index (χ4v) is 3.07. The molecule has 0 unspecified atom stereocenters. The molecular formula is C15H18N2O3S. The van der Waals surface area contributed by atoms with Gasteiger partial charge in [-0.25, -0.2) is 9.78 Å². The monoisotopic (exact) mass is 306 g/mol. The van der Waals surface area contributed by atoms with Gasteiger partial charge in [0.05, 0.1) is 20.8 Å². The lowest BCUT2D eigenvalue weighted by Crippen LogP contribution is -2.45. The molecule has 2 atom stereocenters. The number of amides is 1. The SMILES string of the molecule is CC[C@H](C)[C@@H](NC(=O)c1cccc2nc(C)sc12)C(=O)O. The van der Waals surface area contributed by atoms with Crippen molar-refractivity contribution in [3.8, 4) is 0 Å². The number of carboxylic acid groups (broad SMARTS) is 1. The van der Waals surface area contributed by atoms with Crippen LogP contribution in [0.4, 0.5) is 0 Å². The number of carbonyl (C=O) groups is 2. The number of carboxylic acids is 1. The Morgan fingerprint density at radius 1 is 1.43 bits per heavy atom. The van der Waals surface area contributed by atoms with Gasteiger partial charge in [-0.2, -0.15) is 0 Å². The molecule has 0 aliphatic carbocycles. The smallest absolute Gasteiger partial charge is 0.326 e. The number of hydrogen-bond donors (Lipinski definition) is 2. The summed E-state index contributed by atoms with van der Waals surface area (Å²) in [6.45, 7) is 5.60. The molecule has 6 heteroatoms. The Kier molecular flexibility index (Phi) is 4.57. The van der Waals surface area contributed by atoms with Gasteiger partial charge in [-0.15, -0.1) is 11.3 Å². The predicted molar refractivity (Wildman–Crippen MR) is 82.7 cm³/mol. The van der Waals surface area contributed by atoms with E-state index >= 15 is 0 Å². The molecule has 1 aromatic carbocycles. The Morgan fingerprint density at radius 2 is 2.14 bits per heavy atom. The van der Waals surface area contributed by atoms with Crippen LogP contribution in [-0.2, 0) is 4.79 Å². The van der Waals surface area contributed by atoms with Crippen LogP contribution >= 0.6 is 11.3 Å². The molecule has 0 radical (unpaired) electrons. The van der Waals surface area contributed by atoms with Crippen molar-refractivity contribution in [1.29, 1.82) is 0 Å². The molecule has 0 spiro atoms. The van der Waals surface area contributed by atoms with Crippen LogP contribution in [0.25, 0.3) is 10.2 Å². The van der Waals surface area contributed by atoms with Gasteiger partial charge in [0.1, 0.15) is 6.04 Å². The lowest BCUT2D eigenvalue weighted by atomic mass is 9.99. The van der Waals surface area contributed by atoms with Gasteiger partial charge in [0, 0.05) is 0 Å². The number of benzene rings is 1. The molecule has 21 heavy (non-hydrogen) atoms. The fourth-order valence-electron chi connectivity index (χ4n) is 2.14. The van der Waals surface area contributed by atoms with Crippen LogP contribution in [0.15, 0.2) is 18.2 Å². The maximum Gasteiger partial charge on any atom is 0.326 e. The first-order valence-corrected chi connectivity index (χ1v) is 7.65. The van der Waals surface area contributed by atoms with E-state index in [0.29, 0.717) is 12.0 Å². The third-order valence-corrected chi connectivity index (χ3v) is 4.55. The summed E-state index contributed by atoms with van der Waals surface area (Å²) in [6, 6.07) is 4.42. The van der Waals surface area contributed by atoms with Crippen LogP contribution in [0, 0.1) is 12.8 Å². The number of hydrogen-bond acceptors (Lipinski definition) is 4. The minimum Gasteiger partial charge on any atom is -0.480 e. The van der Waals surface area contributed by atoms with E-state index in [1.54, 1.807) is 12.1 Å². The average molecular weight is 306 g/mol. The van der Waals surface area contributed by atoms with Crippen molar-refractivity contribution in [2.45, 2.75) is 33.2 Å². The highest BCUT2D eigenvalue weighted by atomic mass is 32.1. The van der Waals surface area contributed by atoms with Crippen LogP contribution in [0.3, 0.4) is 0 Å². The van der Waals surface area contributed by atoms with Crippen LogP contribution in [0.5, 0.6) is 0 Å². The van der Waals surface area contributed by atoms with Gasteiger partial charge in [0.2, 0.25) is 0 Å². The van der Waals surface area contributed by atoms with Crippen molar-refractivity contribution in [2.24, 2.45) is 5.92 Å². The zero-order valence-corrected chi connectivity index (χ0v) is 13.0. The summed E-state index contributed by atoms with van der Waals surface area (Å²) in [7, 11) is 0. The molecule has 1 amide bonds. The summed E-state index contributed by atoms with van der Waals surface area (Å²) in [5.74, 6) is -1.50. The molecule has 2 aromatic rings. The lowest BCUT2D eigenvalue weighted by molar-refractivity contribution is -0.140. The number of nitrogens with one attached hydrogen (secondary N) is 1. The third kappa shape index (κ3) is 3.21. The summed E-state index contributed by atoms with van der Waals surface area (Å²) >= 11 is 1.44. The number of aromatic nitrogens is 1. The molecule has 112 valence electrons. The summed E-state index contributed by atoms with van der Waals surface area (Å²) in [6.07, 6.45) is 0.682. The first-order chi connectivity index (χ1) is 9.93. The second kappa shape index (κ2) is 6.22. The Bertz CT molecular complexity index is 681. The molecule has 0 aliphatic heterocycles. The summed E-state index contributed by atoms with van der Waals surface area (Å²) in [5, 5.41) is 12.8. The van der Waals surface area contributed by atoms with Gasteiger partial charge < -0.3 is 10.4 Å². The van der Waals surface area contributed by atoms with Gasteiger partial charge in [0.15, 0.2) is 0 Å². The highest BCUT2D eigenvalue weighted by Crippen LogP contribution is 2.25. The standard InChI is InChI=1S/C15H18N2O3S/c1-4-8(2)12(15(19)20)17-14(18)10-6-5-7-11-13(10)21-9(3)16-11/h5-8,12H,4H2,1-3H3,(H,17,18)(H,19,20)/t8-,12+/m0/s1. The minimum absolute atomic E-state index is 0.131. The largest absolute Gasteiger partial charge is 0.480 e. The number of thiazole rings is 1. The molecule has 2 N–H and O–H groups in total. The molecule has 1 aromatic heterocycles. The molecule has 0 fully saturated rings. The van der Waals surface area contributed by atoms with E-state index in [9.17, 15) is 14.7 Å². The second-order valence-corrected chi connectivity index (χ2v) is 6.26. The molecule has 0 bridgehead atoms. The fraction of sp³-hybridized carbons (Fsp3) is 0.400. The van der Waals surface area contributed by atoms with Gasteiger partial charge in [-0.05, 0) is 25.0 Å². The van der Waals surface area contributed by atoms with E-state index < -0.39 is 12.0 Å². The Hall–Kier alpha value is -1.95. The van der Waals surface area contributed by atoms with E-state index in [2.05, 4.69) is 10.3 Å². The minimum atomic E-state index is -1.01. The van der Waals surface area contributed by atoms with Crippen LogP contribution in [-0.4, -0.2) is 28.0 Å².